The molecule has 0 atom stereocenters. The zero-order valence-corrected chi connectivity index (χ0v) is 16.6. The number of thiazole rings is 1. The first-order valence-electron chi connectivity index (χ1n) is 7.70. The lowest BCUT2D eigenvalue weighted by Crippen LogP contribution is -2.21. The normalized spacial score (nSPS) is 10.5. The third-order valence-electron chi connectivity index (χ3n) is 3.48. The molecule has 2 rings (SSSR count). The Kier molecular flexibility index (Phi) is 5.98. The second kappa shape index (κ2) is 7.83. The maximum absolute atomic E-state index is 12.5. The summed E-state index contributed by atoms with van der Waals surface area (Å²) in [5.41, 5.74) is 1.03. The van der Waals surface area contributed by atoms with Gasteiger partial charge < -0.3 is 19.9 Å². The number of carbonyl (C=O) groups excluding carboxylic acids is 3. The van der Waals surface area contributed by atoms with Crippen molar-refractivity contribution in [3.8, 4) is 0 Å². The van der Waals surface area contributed by atoms with Crippen LogP contribution in [0.5, 0.6) is 0 Å². The van der Waals surface area contributed by atoms with E-state index in [0.29, 0.717) is 16.1 Å². The fourth-order valence-corrected chi connectivity index (χ4v) is 4.19. The van der Waals surface area contributed by atoms with Crippen LogP contribution in [0, 0.1) is 13.8 Å². The third-order valence-corrected chi connectivity index (χ3v) is 5.66. The van der Waals surface area contributed by atoms with Crippen molar-refractivity contribution in [2.45, 2.75) is 20.8 Å². The van der Waals surface area contributed by atoms with Crippen molar-refractivity contribution >= 4 is 45.5 Å². The predicted molar refractivity (Wildman–Crippen MR) is 101 cm³/mol. The maximum Gasteiger partial charge on any atom is 0.341 e. The Bertz CT molecular complexity index is 923. The van der Waals surface area contributed by atoms with Gasteiger partial charge in [0.1, 0.15) is 9.88 Å². The van der Waals surface area contributed by atoms with Crippen LogP contribution in [0.2, 0.25) is 0 Å². The van der Waals surface area contributed by atoms with Gasteiger partial charge in [-0.3, -0.25) is 14.4 Å². The Hall–Kier alpha value is -2.46. The van der Waals surface area contributed by atoms with Crippen molar-refractivity contribution in [3.63, 3.8) is 0 Å². The molecule has 8 nitrogen and oxygen atoms in total. The number of hydrogen-bond acceptors (Lipinski definition) is 7. The summed E-state index contributed by atoms with van der Waals surface area (Å²) < 4.78 is 5.06. The van der Waals surface area contributed by atoms with Gasteiger partial charge in [0.05, 0.1) is 17.0 Å². The Morgan fingerprint density at radius 2 is 1.81 bits per heavy atom. The number of aromatic nitrogens is 1. The van der Waals surface area contributed by atoms with E-state index in [9.17, 15) is 19.2 Å². The minimum absolute atomic E-state index is 0.149. The van der Waals surface area contributed by atoms with E-state index in [4.69, 9.17) is 4.74 Å². The molecule has 2 aromatic heterocycles. The molecule has 0 spiro atoms. The highest BCUT2D eigenvalue weighted by Gasteiger charge is 2.28. The molecule has 2 N–H and O–H groups in total. The van der Waals surface area contributed by atoms with Gasteiger partial charge in [-0.05, 0) is 26.3 Å². The highest BCUT2D eigenvalue weighted by molar-refractivity contribution is 7.19. The van der Waals surface area contributed by atoms with E-state index in [1.54, 1.807) is 34.9 Å². The van der Waals surface area contributed by atoms with Gasteiger partial charge in [0.2, 0.25) is 0 Å². The molecule has 10 heteroatoms. The van der Waals surface area contributed by atoms with Crippen LogP contribution in [0.3, 0.4) is 0 Å². The first-order chi connectivity index (χ1) is 12.2. The van der Waals surface area contributed by atoms with Crippen LogP contribution in [-0.2, 0) is 4.74 Å². The highest BCUT2D eigenvalue weighted by Crippen LogP contribution is 2.35. The van der Waals surface area contributed by atoms with Crippen molar-refractivity contribution in [3.05, 3.63) is 36.2 Å². The zero-order chi connectivity index (χ0) is 19.6. The number of amides is 2. The molecule has 0 bridgehead atoms. The number of anilines is 1. The molecule has 0 unspecified atom stereocenters. The van der Waals surface area contributed by atoms with Gasteiger partial charge in [-0.2, -0.15) is 0 Å². The topological polar surface area (TPSA) is 109 Å². The summed E-state index contributed by atoms with van der Waals surface area (Å²) in [7, 11) is 3.20. The number of ether oxygens (including phenoxy) is 1. The summed E-state index contributed by atoms with van der Waals surface area (Å²) in [5, 5.41) is 2.85. The molecule has 0 radical (unpaired) electrons. The van der Waals surface area contributed by atoms with E-state index in [2.05, 4.69) is 10.3 Å². The van der Waals surface area contributed by atoms with Crippen LogP contribution < -0.4 is 10.2 Å². The highest BCUT2D eigenvalue weighted by atomic mass is 32.1. The van der Waals surface area contributed by atoms with Crippen LogP contribution >= 0.6 is 22.7 Å². The van der Waals surface area contributed by atoms with Gasteiger partial charge >= 0.3 is 10.8 Å². The SMILES string of the molecule is CCOC(=O)c1c(NC(=O)c2sc(=O)[nH]c2C)sc(C(=O)N(C)C)c1C. The molecular weight excluding hydrogens is 378 g/mol. The van der Waals surface area contributed by atoms with E-state index in [1.807, 2.05) is 0 Å². The third kappa shape index (κ3) is 3.86. The second-order valence-electron chi connectivity index (χ2n) is 5.60. The maximum atomic E-state index is 12.5. The monoisotopic (exact) mass is 397 g/mol. The fraction of sp³-hybridized carbons (Fsp3) is 0.375. The number of H-pyrrole nitrogens is 1. The Morgan fingerprint density at radius 1 is 1.15 bits per heavy atom. The molecule has 0 saturated carbocycles. The molecule has 2 heterocycles. The predicted octanol–water partition coefficient (Wildman–Crippen LogP) is 2.25. The molecule has 2 aromatic rings. The van der Waals surface area contributed by atoms with Gasteiger partial charge in [0.15, 0.2) is 0 Å². The summed E-state index contributed by atoms with van der Waals surface area (Å²) in [6.45, 7) is 5.08. The smallest absolute Gasteiger partial charge is 0.341 e. The Morgan fingerprint density at radius 3 is 2.31 bits per heavy atom. The number of rotatable bonds is 5. The fourth-order valence-electron chi connectivity index (χ4n) is 2.24. The number of aryl methyl sites for hydroxylation is 1. The van der Waals surface area contributed by atoms with E-state index in [0.717, 1.165) is 22.7 Å². The van der Waals surface area contributed by atoms with E-state index in [-0.39, 0.29) is 32.8 Å². The van der Waals surface area contributed by atoms with E-state index in [1.165, 1.54) is 4.90 Å². The molecule has 26 heavy (non-hydrogen) atoms. The number of nitrogens with zero attached hydrogens (tertiary/aromatic N) is 1. The average Bonchev–Trinajstić information content (AvgIpc) is 3.05. The van der Waals surface area contributed by atoms with Gasteiger partial charge in [-0.15, -0.1) is 11.3 Å². The number of esters is 1. The van der Waals surface area contributed by atoms with Crippen LogP contribution in [-0.4, -0.2) is 48.4 Å². The molecule has 0 aromatic carbocycles. The second-order valence-corrected chi connectivity index (χ2v) is 7.61. The first kappa shape index (κ1) is 19.9. The van der Waals surface area contributed by atoms with Crippen molar-refractivity contribution in [2.75, 3.05) is 26.0 Å². The quantitative estimate of drug-likeness (QED) is 0.752. The van der Waals surface area contributed by atoms with Gasteiger partial charge in [-0.25, -0.2) is 4.79 Å². The molecular formula is C16H19N3O5S2. The minimum Gasteiger partial charge on any atom is -0.462 e. The molecule has 2 amide bonds. The number of hydrogen-bond donors (Lipinski definition) is 2. The number of nitrogens with one attached hydrogen (secondary N) is 2. The lowest BCUT2D eigenvalue weighted by atomic mass is 10.1. The largest absolute Gasteiger partial charge is 0.462 e. The minimum atomic E-state index is -0.617. The van der Waals surface area contributed by atoms with Gasteiger partial charge in [-0.1, -0.05) is 11.3 Å². The number of carbonyl (C=O) groups is 3. The summed E-state index contributed by atoms with van der Waals surface area (Å²) in [5.74, 6) is -1.42. The summed E-state index contributed by atoms with van der Waals surface area (Å²) in [4.78, 5) is 52.7. The summed E-state index contributed by atoms with van der Waals surface area (Å²) >= 11 is 1.78. The van der Waals surface area contributed by atoms with Crippen LogP contribution in [0.1, 0.15) is 47.9 Å². The van der Waals surface area contributed by atoms with Gasteiger partial charge in [0.25, 0.3) is 11.8 Å². The van der Waals surface area contributed by atoms with Crippen molar-refractivity contribution in [2.24, 2.45) is 0 Å². The van der Waals surface area contributed by atoms with E-state index >= 15 is 0 Å². The lowest BCUT2D eigenvalue weighted by molar-refractivity contribution is 0.0527. The molecule has 0 aliphatic rings. The molecule has 0 saturated heterocycles. The van der Waals surface area contributed by atoms with E-state index < -0.39 is 11.9 Å². The van der Waals surface area contributed by atoms with Crippen LogP contribution in [0.4, 0.5) is 5.00 Å². The molecule has 0 aliphatic heterocycles. The Labute approximate surface area is 157 Å². The summed E-state index contributed by atoms with van der Waals surface area (Å²) in [6.07, 6.45) is 0. The lowest BCUT2D eigenvalue weighted by Gasteiger charge is -2.09. The van der Waals surface area contributed by atoms with Gasteiger partial charge in [0, 0.05) is 19.8 Å². The van der Waals surface area contributed by atoms with Crippen molar-refractivity contribution in [1.29, 1.82) is 0 Å². The van der Waals surface area contributed by atoms with Crippen LogP contribution in [0.25, 0.3) is 0 Å². The number of aromatic amines is 1. The number of thiophene rings is 1. The molecule has 0 fully saturated rings. The summed E-state index contributed by atoms with van der Waals surface area (Å²) in [6, 6.07) is 0. The first-order valence-corrected chi connectivity index (χ1v) is 9.33. The van der Waals surface area contributed by atoms with Crippen molar-refractivity contribution in [1.82, 2.24) is 9.88 Å². The Balaban J connectivity index is 2.48. The van der Waals surface area contributed by atoms with Crippen molar-refractivity contribution < 1.29 is 19.1 Å². The van der Waals surface area contributed by atoms with Crippen LogP contribution in [0.15, 0.2) is 4.79 Å². The average molecular weight is 397 g/mol. The molecule has 0 aliphatic carbocycles. The zero-order valence-electron chi connectivity index (χ0n) is 15.0. The standard InChI is InChI=1S/C16H19N3O5S2/c1-6-24-15(22)9-7(2)10(14(21)19(4)5)25-13(9)18-12(20)11-8(3)17-16(23)26-11/h6H2,1-5H3,(H,17,23)(H,18,20). The molecule has 140 valence electrons.